The maximum absolute atomic E-state index is 13.5. The number of rotatable bonds is 5. The van der Waals surface area contributed by atoms with Gasteiger partial charge in [-0.15, -0.1) is 0 Å². The summed E-state index contributed by atoms with van der Waals surface area (Å²) in [5.41, 5.74) is 6.53. The SMILES string of the molecule is CC(C)C[C@H](C(=O)N1C[C@H](C)[C@H]2OCC(=O)[C@H]21)c1ccccc1C(N)=O. The second kappa shape index (κ2) is 7.19. The van der Waals surface area contributed by atoms with Gasteiger partial charge >= 0.3 is 0 Å². The predicted octanol–water partition coefficient (Wildman–Crippen LogP) is 1.73. The molecule has 0 bridgehead atoms. The van der Waals surface area contributed by atoms with Crippen molar-refractivity contribution in [1.82, 2.24) is 4.90 Å². The summed E-state index contributed by atoms with van der Waals surface area (Å²) in [6, 6.07) is 6.48. The minimum Gasteiger partial charge on any atom is -0.367 e. The Morgan fingerprint density at radius 1 is 1.31 bits per heavy atom. The maximum atomic E-state index is 13.5. The van der Waals surface area contributed by atoms with E-state index in [4.69, 9.17) is 10.5 Å². The van der Waals surface area contributed by atoms with Gasteiger partial charge in [0.1, 0.15) is 12.6 Å². The molecule has 2 aliphatic heterocycles. The van der Waals surface area contributed by atoms with Gasteiger partial charge in [0, 0.05) is 18.0 Å². The highest BCUT2D eigenvalue weighted by molar-refractivity contribution is 5.98. The van der Waals surface area contributed by atoms with Crippen molar-refractivity contribution in [2.24, 2.45) is 17.6 Å². The van der Waals surface area contributed by atoms with Crippen LogP contribution in [0, 0.1) is 11.8 Å². The lowest BCUT2D eigenvalue weighted by Gasteiger charge is -2.29. The largest absolute Gasteiger partial charge is 0.367 e. The number of nitrogens with two attached hydrogens (primary N) is 1. The van der Waals surface area contributed by atoms with Crippen LogP contribution in [0.3, 0.4) is 0 Å². The molecule has 0 saturated carbocycles. The van der Waals surface area contributed by atoms with E-state index in [2.05, 4.69) is 0 Å². The van der Waals surface area contributed by atoms with Gasteiger partial charge in [-0.1, -0.05) is 39.0 Å². The molecule has 0 unspecified atom stereocenters. The number of carbonyl (C=O) groups excluding carboxylic acids is 3. The van der Waals surface area contributed by atoms with Gasteiger partial charge in [0.2, 0.25) is 11.8 Å². The van der Waals surface area contributed by atoms with Crippen molar-refractivity contribution in [3.05, 3.63) is 35.4 Å². The summed E-state index contributed by atoms with van der Waals surface area (Å²) in [4.78, 5) is 39.3. The van der Waals surface area contributed by atoms with Crippen LogP contribution in [0.4, 0.5) is 0 Å². The maximum Gasteiger partial charge on any atom is 0.249 e. The van der Waals surface area contributed by atoms with E-state index in [1.807, 2.05) is 26.8 Å². The molecule has 140 valence electrons. The normalized spacial score (nSPS) is 26.2. The van der Waals surface area contributed by atoms with Crippen molar-refractivity contribution in [1.29, 1.82) is 0 Å². The number of ether oxygens (including phenoxy) is 1. The van der Waals surface area contributed by atoms with Crippen LogP contribution in [-0.2, 0) is 14.3 Å². The number of Topliss-reactive ketones (excluding diaryl/α,β-unsaturated/α-hetero) is 1. The molecule has 2 saturated heterocycles. The number of ketones is 1. The standard InChI is InChI=1S/C20H26N2O4/c1-11(2)8-15(13-6-4-5-7-14(13)19(21)24)20(25)22-9-12(3)18-17(22)16(23)10-26-18/h4-7,11-12,15,17-18H,8-10H2,1-3H3,(H2,21,24)/t12-,15-,17+,18+/m0/s1. The van der Waals surface area contributed by atoms with Gasteiger partial charge in [-0.2, -0.15) is 0 Å². The average Bonchev–Trinajstić information content (AvgIpc) is 3.13. The molecule has 0 spiro atoms. The van der Waals surface area contributed by atoms with E-state index in [0.29, 0.717) is 24.1 Å². The zero-order valence-corrected chi connectivity index (χ0v) is 15.5. The molecule has 1 aromatic carbocycles. The monoisotopic (exact) mass is 358 g/mol. The quantitative estimate of drug-likeness (QED) is 0.868. The van der Waals surface area contributed by atoms with E-state index < -0.39 is 17.9 Å². The lowest BCUT2D eigenvalue weighted by atomic mass is 9.86. The summed E-state index contributed by atoms with van der Waals surface area (Å²) in [6.45, 7) is 6.63. The second-order valence-electron chi connectivity index (χ2n) is 7.79. The van der Waals surface area contributed by atoms with E-state index in [1.54, 1.807) is 23.1 Å². The first-order chi connectivity index (χ1) is 12.3. The molecule has 2 fully saturated rings. The fourth-order valence-electron chi connectivity index (χ4n) is 4.18. The van der Waals surface area contributed by atoms with Crippen LogP contribution in [0.1, 0.15) is 49.0 Å². The molecule has 0 aromatic heterocycles. The van der Waals surface area contributed by atoms with Gasteiger partial charge in [-0.3, -0.25) is 14.4 Å². The number of primary amides is 1. The molecule has 2 aliphatic rings. The molecule has 0 aliphatic carbocycles. The Morgan fingerprint density at radius 3 is 2.65 bits per heavy atom. The zero-order chi connectivity index (χ0) is 19.0. The Bertz CT molecular complexity index is 730. The van der Waals surface area contributed by atoms with E-state index in [9.17, 15) is 14.4 Å². The van der Waals surface area contributed by atoms with Crippen molar-refractivity contribution >= 4 is 17.6 Å². The first-order valence-corrected chi connectivity index (χ1v) is 9.14. The Balaban J connectivity index is 1.97. The van der Waals surface area contributed by atoms with Crippen LogP contribution in [0.2, 0.25) is 0 Å². The van der Waals surface area contributed by atoms with Crippen molar-refractivity contribution in [3.63, 3.8) is 0 Å². The minimum atomic E-state index is -0.546. The lowest BCUT2D eigenvalue weighted by molar-refractivity contribution is -0.138. The van der Waals surface area contributed by atoms with Gasteiger partial charge < -0.3 is 15.4 Å². The molecular weight excluding hydrogens is 332 g/mol. The molecule has 6 nitrogen and oxygen atoms in total. The molecule has 0 radical (unpaired) electrons. The van der Waals surface area contributed by atoms with Gasteiger partial charge in [-0.25, -0.2) is 0 Å². The van der Waals surface area contributed by atoms with Gasteiger partial charge in [-0.05, 0) is 24.0 Å². The van der Waals surface area contributed by atoms with Gasteiger partial charge in [0.05, 0.1) is 12.0 Å². The fourth-order valence-corrected chi connectivity index (χ4v) is 4.18. The second-order valence-corrected chi connectivity index (χ2v) is 7.79. The number of nitrogens with zero attached hydrogens (tertiary/aromatic N) is 1. The minimum absolute atomic E-state index is 0.0424. The van der Waals surface area contributed by atoms with Crippen LogP contribution in [0.25, 0.3) is 0 Å². The highest BCUT2D eigenvalue weighted by Gasteiger charge is 2.51. The van der Waals surface area contributed by atoms with Crippen molar-refractivity contribution in [2.45, 2.75) is 45.3 Å². The smallest absolute Gasteiger partial charge is 0.249 e. The average molecular weight is 358 g/mol. The summed E-state index contributed by atoms with van der Waals surface area (Å²) in [6.07, 6.45) is 0.359. The first kappa shape index (κ1) is 18.6. The van der Waals surface area contributed by atoms with E-state index >= 15 is 0 Å². The molecule has 2 amide bonds. The summed E-state index contributed by atoms with van der Waals surface area (Å²) in [7, 11) is 0. The van der Waals surface area contributed by atoms with Crippen molar-refractivity contribution < 1.29 is 19.1 Å². The summed E-state index contributed by atoms with van der Waals surface area (Å²) in [5, 5.41) is 0. The summed E-state index contributed by atoms with van der Waals surface area (Å²) in [5.74, 6) is -0.851. The van der Waals surface area contributed by atoms with Crippen LogP contribution in [0.5, 0.6) is 0 Å². The number of carbonyl (C=O) groups is 3. The zero-order valence-electron chi connectivity index (χ0n) is 15.5. The van der Waals surface area contributed by atoms with E-state index in [-0.39, 0.29) is 36.2 Å². The number of hydrogen-bond acceptors (Lipinski definition) is 4. The number of benzene rings is 1. The van der Waals surface area contributed by atoms with Crippen LogP contribution < -0.4 is 5.73 Å². The van der Waals surface area contributed by atoms with E-state index in [0.717, 1.165) is 0 Å². The molecule has 1 aromatic rings. The van der Waals surface area contributed by atoms with Crippen LogP contribution in [0.15, 0.2) is 24.3 Å². The Kier molecular flexibility index (Phi) is 5.14. The summed E-state index contributed by atoms with van der Waals surface area (Å²) >= 11 is 0. The highest BCUT2D eigenvalue weighted by atomic mass is 16.5. The van der Waals surface area contributed by atoms with Gasteiger partial charge in [0.15, 0.2) is 5.78 Å². The third-order valence-electron chi connectivity index (χ3n) is 5.33. The van der Waals surface area contributed by atoms with Crippen molar-refractivity contribution in [2.75, 3.05) is 13.2 Å². The predicted molar refractivity (Wildman–Crippen MR) is 96.6 cm³/mol. The molecule has 26 heavy (non-hydrogen) atoms. The van der Waals surface area contributed by atoms with Crippen molar-refractivity contribution in [3.8, 4) is 0 Å². The molecule has 2 N–H and O–H groups in total. The lowest BCUT2D eigenvalue weighted by Crippen LogP contribution is -2.44. The Labute approximate surface area is 153 Å². The fraction of sp³-hybridized carbons (Fsp3) is 0.550. The number of fused-ring (bicyclic) bond motifs is 1. The topological polar surface area (TPSA) is 89.7 Å². The Hall–Kier alpha value is -2.21. The summed E-state index contributed by atoms with van der Waals surface area (Å²) < 4.78 is 5.59. The first-order valence-electron chi connectivity index (χ1n) is 9.14. The third-order valence-corrected chi connectivity index (χ3v) is 5.33. The number of likely N-dealkylation sites (tertiary alicyclic amines) is 1. The molecular formula is C20H26N2O4. The number of amides is 2. The van der Waals surface area contributed by atoms with Crippen LogP contribution >= 0.6 is 0 Å². The van der Waals surface area contributed by atoms with E-state index in [1.165, 1.54) is 0 Å². The Morgan fingerprint density at radius 2 is 2.00 bits per heavy atom. The molecule has 3 rings (SSSR count). The number of hydrogen-bond donors (Lipinski definition) is 1. The third kappa shape index (κ3) is 3.26. The molecule has 4 atom stereocenters. The highest BCUT2D eigenvalue weighted by Crippen LogP contribution is 2.36. The van der Waals surface area contributed by atoms with Gasteiger partial charge in [0.25, 0.3) is 0 Å². The molecule has 2 heterocycles. The molecule has 6 heteroatoms. The van der Waals surface area contributed by atoms with Crippen LogP contribution in [-0.4, -0.2) is 47.8 Å².